The van der Waals surface area contributed by atoms with Crippen LogP contribution in [0.2, 0.25) is 0 Å². The molecule has 0 bridgehead atoms. The first kappa shape index (κ1) is 16.8. The van der Waals surface area contributed by atoms with Crippen molar-refractivity contribution in [3.63, 3.8) is 0 Å². The van der Waals surface area contributed by atoms with Crippen molar-refractivity contribution in [1.29, 1.82) is 0 Å². The maximum absolute atomic E-state index is 13.1. The molecule has 1 aromatic heterocycles. The molecular weight excluding hydrogens is 398 g/mol. The lowest BCUT2D eigenvalue weighted by Gasteiger charge is -2.22. The monoisotopic (exact) mass is 413 g/mol. The van der Waals surface area contributed by atoms with E-state index in [0.717, 1.165) is 22.1 Å². The number of hydrogen-bond donors (Lipinski definition) is 0. The van der Waals surface area contributed by atoms with Crippen molar-refractivity contribution in [3.05, 3.63) is 68.5 Å². The summed E-state index contributed by atoms with van der Waals surface area (Å²) in [5.41, 5.74) is 1.62. The molecule has 0 saturated carbocycles. The van der Waals surface area contributed by atoms with Crippen molar-refractivity contribution in [2.75, 3.05) is 12.0 Å². The molecular formula is C20H16BrNO4. The van der Waals surface area contributed by atoms with Gasteiger partial charge in [-0.05, 0) is 43.2 Å². The number of anilines is 1. The van der Waals surface area contributed by atoms with Gasteiger partial charge in [-0.1, -0.05) is 34.1 Å². The number of amides is 1. The predicted molar refractivity (Wildman–Crippen MR) is 103 cm³/mol. The van der Waals surface area contributed by atoms with Crippen molar-refractivity contribution in [1.82, 2.24) is 0 Å². The normalized spacial score (nSPS) is 16.0. The Morgan fingerprint density at radius 1 is 1.27 bits per heavy atom. The molecule has 1 atom stereocenters. The minimum Gasteiger partial charge on any atom is -0.493 e. The molecule has 0 unspecified atom stereocenters. The van der Waals surface area contributed by atoms with Crippen molar-refractivity contribution in [2.45, 2.75) is 19.4 Å². The number of fused-ring (bicyclic) bond motifs is 2. The fraction of sp³-hybridized carbons (Fsp3) is 0.200. The second-order valence-corrected chi connectivity index (χ2v) is 7.25. The van der Waals surface area contributed by atoms with Crippen molar-refractivity contribution >= 4 is 38.5 Å². The first-order valence-corrected chi connectivity index (χ1v) is 9.01. The second-order valence-electron chi connectivity index (χ2n) is 6.33. The number of carbonyl (C=O) groups is 1. The van der Waals surface area contributed by atoms with Crippen LogP contribution in [-0.4, -0.2) is 19.1 Å². The molecule has 0 N–H and O–H groups in total. The van der Waals surface area contributed by atoms with Crippen molar-refractivity contribution < 1.29 is 13.9 Å². The van der Waals surface area contributed by atoms with Gasteiger partial charge in [0.05, 0.1) is 7.11 Å². The highest BCUT2D eigenvalue weighted by Crippen LogP contribution is 2.34. The van der Waals surface area contributed by atoms with Crippen LogP contribution in [0.15, 0.2) is 56.1 Å². The lowest BCUT2D eigenvalue weighted by Crippen LogP contribution is -2.38. The lowest BCUT2D eigenvalue weighted by molar-refractivity contribution is 0.0978. The fourth-order valence-corrected chi connectivity index (χ4v) is 3.93. The number of rotatable bonds is 2. The molecule has 0 spiro atoms. The average molecular weight is 414 g/mol. The number of halogens is 1. The van der Waals surface area contributed by atoms with Gasteiger partial charge in [-0.15, -0.1) is 0 Å². The average Bonchev–Trinajstić information content (AvgIpc) is 2.96. The Morgan fingerprint density at radius 3 is 2.81 bits per heavy atom. The molecule has 4 rings (SSSR count). The van der Waals surface area contributed by atoms with Gasteiger partial charge in [0.1, 0.15) is 5.56 Å². The summed E-state index contributed by atoms with van der Waals surface area (Å²) < 4.78 is 11.5. The topological polar surface area (TPSA) is 59.8 Å². The quantitative estimate of drug-likeness (QED) is 0.591. The van der Waals surface area contributed by atoms with E-state index >= 15 is 0 Å². The molecule has 3 aromatic rings. The van der Waals surface area contributed by atoms with E-state index in [-0.39, 0.29) is 17.5 Å². The summed E-state index contributed by atoms with van der Waals surface area (Å²) in [6.07, 6.45) is 0.764. The molecule has 0 saturated heterocycles. The summed E-state index contributed by atoms with van der Waals surface area (Å²) in [5.74, 6) is 0.0856. The van der Waals surface area contributed by atoms with Gasteiger partial charge in [-0.2, -0.15) is 0 Å². The van der Waals surface area contributed by atoms with Gasteiger partial charge in [-0.3, -0.25) is 4.79 Å². The van der Waals surface area contributed by atoms with Gasteiger partial charge in [-0.25, -0.2) is 4.79 Å². The molecule has 2 aromatic carbocycles. The number of hydrogen-bond acceptors (Lipinski definition) is 4. The highest BCUT2D eigenvalue weighted by atomic mass is 79.9. The van der Waals surface area contributed by atoms with Gasteiger partial charge < -0.3 is 14.1 Å². The van der Waals surface area contributed by atoms with Gasteiger partial charge in [0, 0.05) is 21.6 Å². The van der Waals surface area contributed by atoms with Crippen LogP contribution in [0.4, 0.5) is 5.69 Å². The van der Waals surface area contributed by atoms with Gasteiger partial charge in [0.2, 0.25) is 0 Å². The molecule has 5 nitrogen and oxygen atoms in total. The summed E-state index contributed by atoms with van der Waals surface area (Å²) in [4.78, 5) is 27.3. The van der Waals surface area contributed by atoms with Crippen LogP contribution >= 0.6 is 15.9 Å². The van der Waals surface area contributed by atoms with Crippen LogP contribution in [-0.2, 0) is 6.42 Å². The first-order valence-electron chi connectivity index (χ1n) is 8.22. The third-order valence-electron chi connectivity index (χ3n) is 4.64. The SMILES string of the molecule is COc1cc(Br)cc2cc(C(=O)N3c4ccccc4C[C@@H]3C)c(=O)oc12. The van der Waals surface area contributed by atoms with E-state index in [4.69, 9.17) is 9.15 Å². The summed E-state index contributed by atoms with van der Waals surface area (Å²) in [6, 6.07) is 12.8. The van der Waals surface area contributed by atoms with Crippen molar-refractivity contribution in [3.8, 4) is 5.75 Å². The zero-order valence-electron chi connectivity index (χ0n) is 14.3. The van der Waals surface area contributed by atoms with E-state index in [1.165, 1.54) is 7.11 Å². The number of carbonyl (C=O) groups excluding carboxylic acids is 1. The molecule has 132 valence electrons. The molecule has 1 amide bonds. The minimum absolute atomic E-state index is 0.0150. The van der Waals surface area contributed by atoms with Crippen LogP contribution < -0.4 is 15.3 Å². The van der Waals surface area contributed by atoms with Crippen LogP contribution in [0.1, 0.15) is 22.8 Å². The van der Waals surface area contributed by atoms with E-state index in [0.29, 0.717) is 16.7 Å². The van der Waals surface area contributed by atoms with Gasteiger partial charge in [0.15, 0.2) is 11.3 Å². The maximum Gasteiger partial charge on any atom is 0.349 e. The first-order chi connectivity index (χ1) is 12.5. The van der Waals surface area contributed by atoms with Crippen LogP contribution in [0.25, 0.3) is 11.0 Å². The zero-order valence-corrected chi connectivity index (χ0v) is 15.9. The van der Waals surface area contributed by atoms with E-state index < -0.39 is 5.63 Å². The number of methoxy groups -OCH3 is 1. The maximum atomic E-state index is 13.1. The Hall–Kier alpha value is -2.60. The summed E-state index contributed by atoms with van der Waals surface area (Å²) >= 11 is 3.41. The van der Waals surface area contributed by atoms with E-state index in [2.05, 4.69) is 15.9 Å². The molecule has 0 radical (unpaired) electrons. The number of nitrogens with zero attached hydrogens (tertiary/aromatic N) is 1. The largest absolute Gasteiger partial charge is 0.493 e. The Morgan fingerprint density at radius 2 is 2.04 bits per heavy atom. The molecule has 0 aliphatic carbocycles. The smallest absolute Gasteiger partial charge is 0.349 e. The van der Waals surface area contributed by atoms with Crippen LogP contribution in [0.5, 0.6) is 5.75 Å². The summed E-state index contributed by atoms with van der Waals surface area (Å²) in [5, 5.41) is 0.624. The highest BCUT2D eigenvalue weighted by molar-refractivity contribution is 9.10. The molecule has 26 heavy (non-hydrogen) atoms. The second kappa shape index (κ2) is 6.29. The number of ether oxygens (including phenoxy) is 1. The van der Waals surface area contributed by atoms with E-state index in [9.17, 15) is 9.59 Å². The van der Waals surface area contributed by atoms with E-state index in [1.54, 1.807) is 23.1 Å². The zero-order chi connectivity index (χ0) is 18.4. The Bertz CT molecular complexity index is 1090. The Labute approximate surface area is 158 Å². The summed E-state index contributed by atoms with van der Waals surface area (Å²) in [6.45, 7) is 1.97. The number of benzene rings is 2. The predicted octanol–water partition coefficient (Wildman–Crippen LogP) is 4.16. The lowest BCUT2D eigenvalue weighted by atomic mass is 10.1. The Balaban J connectivity index is 1.86. The molecule has 6 heteroatoms. The van der Waals surface area contributed by atoms with Crippen molar-refractivity contribution in [2.24, 2.45) is 0 Å². The van der Waals surface area contributed by atoms with Gasteiger partial charge >= 0.3 is 5.63 Å². The molecule has 1 aliphatic rings. The van der Waals surface area contributed by atoms with Crippen LogP contribution in [0, 0.1) is 0 Å². The third kappa shape index (κ3) is 2.61. The fourth-order valence-electron chi connectivity index (χ4n) is 3.47. The highest BCUT2D eigenvalue weighted by Gasteiger charge is 2.33. The number of para-hydroxylation sites is 1. The third-order valence-corrected chi connectivity index (χ3v) is 5.10. The Kier molecular flexibility index (Phi) is 4.07. The molecule has 1 aliphatic heterocycles. The minimum atomic E-state index is -0.667. The van der Waals surface area contributed by atoms with Crippen LogP contribution in [0.3, 0.4) is 0 Å². The summed E-state index contributed by atoms with van der Waals surface area (Å²) in [7, 11) is 1.50. The van der Waals surface area contributed by atoms with Gasteiger partial charge in [0.25, 0.3) is 5.91 Å². The molecule has 0 fully saturated rings. The molecule has 2 heterocycles. The van der Waals surface area contributed by atoms with E-state index in [1.807, 2.05) is 31.2 Å². The standard InChI is InChI=1S/C20H16BrNO4/c1-11-7-12-5-3-4-6-16(12)22(11)19(23)15-9-13-8-14(21)10-17(25-2)18(13)26-20(15)24/h3-6,8-11H,7H2,1-2H3/t11-/m0/s1.